The highest BCUT2D eigenvalue weighted by Gasteiger charge is 2.29. The van der Waals surface area contributed by atoms with E-state index in [9.17, 15) is 4.79 Å². The third-order valence-electron chi connectivity index (χ3n) is 7.20. The van der Waals surface area contributed by atoms with Gasteiger partial charge in [-0.2, -0.15) is 0 Å². The highest BCUT2D eigenvalue weighted by atomic mass is 16.6. The first-order chi connectivity index (χ1) is 19.7. The summed E-state index contributed by atoms with van der Waals surface area (Å²) in [5.41, 5.74) is 4.84. The van der Waals surface area contributed by atoms with Crippen LogP contribution in [0.15, 0.2) is 48.5 Å². The molecule has 0 aromatic heterocycles. The van der Waals surface area contributed by atoms with Gasteiger partial charge in [0, 0.05) is 19.5 Å². The first-order valence-electron chi connectivity index (χ1n) is 14.4. The van der Waals surface area contributed by atoms with E-state index < -0.39 is 0 Å². The van der Waals surface area contributed by atoms with Gasteiger partial charge in [0.05, 0.1) is 65.6 Å². The lowest BCUT2D eigenvalue weighted by molar-refractivity contribution is -0.0282. The molecule has 40 heavy (non-hydrogen) atoms. The van der Waals surface area contributed by atoms with Crippen LogP contribution >= 0.6 is 0 Å². The minimum atomic E-state index is -0.350. The molecule has 1 aliphatic heterocycles. The average molecular weight is 557 g/mol. The molecule has 4 rings (SSSR count). The zero-order chi connectivity index (χ0) is 27.8. The topological polar surface area (TPSA) is 87.7 Å². The van der Waals surface area contributed by atoms with Crippen molar-refractivity contribution in [1.82, 2.24) is 10.2 Å². The molecule has 1 fully saturated rings. The van der Waals surface area contributed by atoms with E-state index in [2.05, 4.69) is 29.6 Å². The molecule has 9 heteroatoms. The maximum absolute atomic E-state index is 12.5. The van der Waals surface area contributed by atoms with Gasteiger partial charge in [0.25, 0.3) is 0 Å². The van der Waals surface area contributed by atoms with Crippen LogP contribution in [0, 0.1) is 0 Å². The number of fused-ring (bicyclic) bond motifs is 3. The zero-order valence-electron chi connectivity index (χ0n) is 23.7. The van der Waals surface area contributed by atoms with Crippen LogP contribution in [0.4, 0.5) is 4.79 Å². The van der Waals surface area contributed by atoms with Crippen LogP contribution in [0.1, 0.15) is 29.9 Å². The van der Waals surface area contributed by atoms with Crippen LogP contribution in [0.25, 0.3) is 11.1 Å². The van der Waals surface area contributed by atoms with Crippen LogP contribution in [0.2, 0.25) is 0 Å². The Hall–Kier alpha value is -2.53. The molecule has 2 aromatic carbocycles. The van der Waals surface area contributed by atoms with Crippen LogP contribution in [0.3, 0.4) is 0 Å². The third kappa shape index (κ3) is 9.54. The SMILES string of the molecule is CN(CCOCCOCCOCCOCCOC1CCNCC1)C(=O)OCC1c2ccccc2-c2ccccc21. The van der Waals surface area contributed by atoms with E-state index in [4.69, 9.17) is 28.4 Å². The number of nitrogens with zero attached hydrogens (tertiary/aromatic N) is 1. The monoisotopic (exact) mass is 556 g/mol. The molecule has 220 valence electrons. The molecule has 0 atom stereocenters. The lowest BCUT2D eigenvalue weighted by atomic mass is 9.98. The Morgan fingerprint density at radius 1 is 0.750 bits per heavy atom. The van der Waals surface area contributed by atoms with E-state index in [-0.39, 0.29) is 12.0 Å². The Bertz CT molecular complexity index is 969. The Balaban J connectivity index is 0.953. The van der Waals surface area contributed by atoms with E-state index in [0.717, 1.165) is 25.9 Å². The molecule has 2 aliphatic rings. The first-order valence-corrected chi connectivity index (χ1v) is 14.4. The molecular formula is C31H44N2O7. The molecule has 1 aliphatic carbocycles. The van der Waals surface area contributed by atoms with Crippen molar-refractivity contribution in [3.05, 3.63) is 59.7 Å². The number of rotatable bonds is 18. The number of likely N-dealkylation sites (N-methyl/N-ethyl adjacent to an activating group) is 1. The van der Waals surface area contributed by atoms with Crippen LogP contribution in [-0.2, 0) is 28.4 Å². The lowest BCUT2D eigenvalue weighted by Gasteiger charge is -2.22. The first kappa shape index (κ1) is 30.4. The molecule has 0 saturated carbocycles. The van der Waals surface area contributed by atoms with Crippen molar-refractivity contribution in [2.75, 3.05) is 92.8 Å². The number of hydrogen-bond donors (Lipinski definition) is 1. The summed E-state index contributed by atoms with van der Waals surface area (Å²) in [6, 6.07) is 16.6. The van der Waals surface area contributed by atoms with E-state index in [0.29, 0.717) is 78.7 Å². The van der Waals surface area contributed by atoms with Gasteiger partial charge in [-0.15, -0.1) is 0 Å². The Kier molecular flexibility index (Phi) is 13.2. The van der Waals surface area contributed by atoms with E-state index in [1.165, 1.54) is 22.3 Å². The van der Waals surface area contributed by atoms with Gasteiger partial charge in [0.2, 0.25) is 0 Å². The molecule has 0 radical (unpaired) electrons. The average Bonchev–Trinajstić information content (AvgIpc) is 3.31. The summed E-state index contributed by atoms with van der Waals surface area (Å²) in [6.45, 7) is 7.51. The molecular weight excluding hydrogens is 512 g/mol. The summed E-state index contributed by atoms with van der Waals surface area (Å²) in [7, 11) is 1.72. The fraction of sp³-hybridized carbons (Fsp3) is 0.581. The smallest absolute Gasteiger partial charge is 0.409 e. The fourth-order valence-electron chi connectivity index (χ4n) is 4.99. The summed E-state index contributed by atoms with van der Waals surface area (Å²) in [6.07, 6.45) is 2.17. The molecule has 1 heterocycles. The van der Waals surface area contributed by atoms with Crippen LogP contribution in [-0.4, -0.2) is 110 Å². The van der Waals surface area contributed by atoms with E-state index in [1.54, 1.807) is 11.9 Å². The van der Waals surface area contributed by atoms with Gasteiger partial charge in [-0.1, -0.05) is 48.5 Å². The fourth-order valence-corrected chi connectivity index (χ4v) is 4.99. The third-order valence-corrected chi connectivity index (χ3v) is 7.20. The molecule has 1 amide bonds. The van der Waals surface area contributed by atoms with Crippen molar-refractivity contribution in [2.24, 2.45) is 0 Å². The maximum Gasteiger partial charge on any atom is 0.409 e. The minimum Gasteiger partial charge on any atom is -0.448 e. The number of amides is 1. The highest BCUT2D eigenvalue weighted by molar-refractivity contribution is 5.79. The summed E-state index contributed by atoms with van der Waals surface area (Å²) in [5, 5.41) is 3.33. The van der Waals surface area contributed by atoms with Gasteiger partial charge < -0.3 is 38.6 Å². The molecule has 2 aromatic rings. The summed E-state index contributed by atoms with van der Waals surface area (Å²) in [5.74, 6) is 0.0540. The van der Waals surface area contributed by atoms with Crippen molar-refractivity contribution in [1.29, 1.82) is 0 Å². The number of nitrogens with one attached hydrogen (secondary N) is 1. The van der Waals surface area contributed by atoms with Gasteiger partial charge in [-0.05, 0) is 48.2 Å². The summed E-state index contributed by atoms with van der Waals surface area (Å²) >= 11 is 0. The number of ether oxygens (including phenoxy) is 6. The van der Waals surface area contributed by atoms with Crippen molar-refractivity contribution < 1.29 is 33.2 Å². The van der Waals surface area contributed by atoms with Crippen molar-refractivity contribution in [3.63, 3.8) is 0 Å². The Labute approximate surface area is 238 Å². The Morgan fingerprint density at radius 3 is 1.82 bits per heavy atom. The normalized spacial score (nSPS) is 15.1. The van der Waals surface area contributed by atoms with Crippen molar-refractivity contribution in [3.8, 4) is 11.1 Å². The van der Waals surface area contributed by atoms with Crippen molar-refractivity contribution in [2.45, 2.75) is 24.9 Å². The number of carbonyl (C=O) groups is 1. The molecule has 1 saturated heterocycles. The molecule has 0 bridgehead atoms. The standard InChI is InChI=1S/C31H44N2O7/c1-33(31(34)40-24-30-28-8-4-2-6-26(28)27-7-3-5-9-29(27)30)14-15-35-16-17-36-18-19-37-20-21-38-22-23-39-25-10-12-32-13-11-25/h2-9,25,30,32H,10-24H2,1H3. The largest absolute Gasteiger partial charge is 0.448 e. The number of hydrogen-bond acceptors (Lipinski definition) is 8. The van der Waals surface area contributed by atoms with Crippen LogP contribution in [0.5, 0.6) is 0 Å². The van der Waals surface area contributed by atoms with Crippen molar-refractivity contribution >= 4 is 6.09 Å². The molecule has 9 nitrogen and oxygen atoms in total. The van der Waals surface area contributed by atoms with Crippen LogP contribution < -0.4 is 5.32 Å². The van der Waals surface area contributed by atoms with Gasteiger partial charge in [0.15, 0.2) is 0 Å². The predicted octanol–water partition coefficient (Wildman–Crippen LogP) is 3.70. The number of benzene rings is 2. The molecule has 0 unspecified atom stereocenters. The van der Waals surface area contributed by atoms with E-state index >= 15 is 0 Å². The second-order valence-electron chi connectivity index (χ2n) is 10.00. The van der Waals surface area contributed by atoms with Gasteiger partial charge in [-0.3, -0.25) is 0 Å². The quantitative estimate of drug-likeness (QED) is 0.278. The minimum absolute atomic E-state index is 0.0540. The van der Waals surface area contributed by atoms with Gasteiger partial charge >= 0.3 is 6.09 Å². The molecule has 1 N–H and O–H groups in total. The zero-order valence-corrected chi connectivity index (χ0v) is 23.7. The Morgan fingerprint density at radius 2 is 1.25 bits per heavy atom. The maximum atomic E-state index is 12.5. The van der Waals surface area contributed by atoms with Gasteiger partial charge in [0.1, 0.15) is 6.61 Å². The predicted molar refractivity (Wildman–Crippen MR) is 153 cm³/mol. The highest BCUT2D eigenvalue weighted by Crippen LogP contribution is 2.44. The van der Waals surface area contributed by atoms with Gasteiger partial charge in [-0.25, -0.2) is 4.79 Å². The lowest BCUT2D eigenvalue weighted by Crippen LogP contribution is -2.33. The summed E-state index contributed by atoms with van der Waals surface area (Å²) in [4.78, 5) is 14.1. The van der Waals surface area contributed by atoms with E-state index in [1.807, 2.05) is 24.3 Å². The molecule has 0 spiro atoms. The summed E-state index contributed by atoms with van der Waals surface area (Å²) < 4.78 is 33.7. The second kappa shape index (κ2) is 17.3. The number of piperidine rings is 1. The number of carbonyl (C=O) groups excluding carboxylic acids is 1. The second-order valence-corrected chi connectivity index (χ2v) is 10.00.